The number of ether oxygens (including phenoxy) is 1. The molecular weight excluding hydrogens is 322 g/mol. The lowest BCUT2D eigenvalue weighted by Crippen LogP contribution is -2.01. The molecule has 1 aromatic carbocycles. The van der Waals surface area contributed by atoms with Gasteiger partial charge in [0.2, 0.25) is 5.88 Å². The molecule has 2 heterocycles. The summed E-state index contributed by atoms with van der Waals surface area (Å²) >= 11 is 4.85. The molecule has 0 saturated heterocycles. The van der Waals surface area contributed by atoms with E-state index in [1.54, 1.807) is 28.9 Å². The minimum Gasteiger partial charge on any atom is -0.407 e. The topological polar surface area (TPSA) is 39.2 Å². The van der Waals surface area contributed by atoms with Crippen LogP contribution in [0, 0.1) is 0 Å². The van der Waals surface area contributed by atoms with Gasteiger partial charge in [0.25, 0.3) is 0 Å². The molecule has 0 spiro atoms. The van der Waals surface area contributed by atoms with E-state index in [1.807, 2.05) is 18.2 Å². The summed E-state index contributed by atoms with van der Waals surface area (Å²) in [5.41, 5.74) is 2.19. The highest BCUT2D eigenvalue weighted by Gasteiger charge is 2.18. The van der Waals surface area contributed by atoms with Gasteiger partial charge in [0.05, 0.1) is 9.62 Å². The standard InChI is InChI=1S/C15H11NO2S3/c1-10(17)18-12-9-21-14(16-12)13(15-19-7-8-20-15)11-5-3-2-4-6-11/h2-9H,1H3. The molecule has 0 aliphatic carbocycles. The second kappa shape index (κ2) is 6.51. The first kappa shape index (κ1) is 14.4. The summed E-state index contributed by atoms with van der Waals surface area (Å²) in [4.78, 5) is 15.5. The van der Waals surface area contributed by atoms with Gasteiger partial charge >= 0.3 is 5.97 Å². The predicted octanol–water partition coefficient (Wildman–Crippen LogP) is 4.74. The second-order valence-electron chi connectivity index (χ2n) is 4.12. The van der Waals surface area contributed by atoms with Gasteiger partial charge in [-0.25, -0.2) is 4.98 Å². The van der Waals surface area contributed by atoms with E-state index >= 15 is 0 Å². The molecular formula is C15H11NO2S3. The zero-order valence-electron chi connectivity index (χ0n) is 11.1. The fourth-order valence-electron chi connectivity index (χ4n) is 1.83. The average Bonchev–Trinajstić information content (AvgIpc) is 3.13. The number of benzene rings is 1. The summed E-state index contributed by atoms with van der Waals surface area (Å²) in [5.74, 6) is 0.00420. The third-order valence-electron chi connectivity index (χ3n) is 2.62. The van der Waals surface area contributed by atoms with E-state index in [2.05, 4.69) is 27.9 Å². The Morgan fingerprint density at radius 3 is 2.52 bits per heavy atom. The molecule has 0 amide bonds. The highest BCUT2D eigenvalue weighted by Crippen LogP contribution is 2.45. The summed E-state index contributed by atoms with van der Waals surface area (Å²) in [6, 6.07) is 10.1. The molecule has 106 valence electrons. The molecule has 21 heavy (non-hydrogen) atoms. The maximum Gasteiger partial charge on any atom is 0.309 e. The fraction of sp³-hybridized carbons (Fsp3) is 0.0667. The summed E-state index contributed by atoms with van der Waals surface area (Å²) in [6.45, 7) is 1.38. The highest BCUT2D eigenvalue weighted by atomic mass is 32.2. The van der Waals surface area contributed by atoms with Crippen LogP contribution < -0.4 is 4.74 Å². The van der Waals surface area contributed by atoms with Crippen LogP contribution in [0.5, 0.6) is 5.88 Å². The lowest BCUT2D eigenvalue weighted by atomic mass is 10.1. The van der Waals surface area contributed by atoms with Crippen LogP contribution in [0.25, 0.3) is 5.57 Å². The first-order valence-electron chi connectivity index (χ1n) is 6.16. The summed E-state index contributed by atoms with van der Waals surface area (Å²) in [7, 11) is 0. The van der Waals surface area contributed by atoms with E-state index < -0.39 is 0 Å². The molecule has 3 rings (SSSR count). The second-order valence-corrected chi connectivity index (χ2v) is 7.07. The Kier molecular flexibility index (Phi) is 4.48. The molecule has 0 unspecified atom stereocenters. The summed E-state index contributed by atoms with van der Waals surface area (Å²) in [5, 5.41) is 6.74. The molecule has 0 fully saturated rings. The number of rotatable bonds is 3. The quantitative estimate of drug-likeness (QED) is 0.759. The monoisotopic (exact) mass is 333 g/mol. The van der Waals surface area contributed by atoms with Crippen LogP contribution in [0.15, 0.2) is 50.8 Å². The van der Waals surface area contributed by atoms with Gasteiger partial charge in [-0.05, 0) is 16.4 Å². The molecule has 3 nitrogen and oxygen atoms in total. The Labute approximate surface area is 135 Å². The first-order valence-corrected chi connectivity index (χ1v) is 8.80. The zero-order valence-corrected chi connectivity index (χ0v) is 13.6. The van der Waals surface area contributed by atoms with Crippen molar-refractivity contribution in [1.82, 2.24) is 4.98 Å². The van der Waals surface area contributed by atoms with Crippen LogP contribution in [-0.2, 0) is 4.79 Å². The van der Waals surface area contributed by atoms with Gasteiger partial charge in [-0.3, -0.25) is 4.79 Å². The number of nitrogens with zero attached hydrogens (tertiary/aromatic N) is 1. The third kappa shape index (κ3) is 3.40. The zero-order chi connectivity index (χ0) is 14.7. The van der Waals surface area contributed by atoms with Gasteiger partial charge in [0.1, 0.15) is 5.01 Å². The normalized spacial score (nSPS) is 13.5. The van der Waals surface area contributed by atoms with E-state index in [9.17, 15) is 4.79 Å². The van der Waals surface area contributed by atoms with Gasteiger partial charge in [-0.1, -0.05) is 53.9 Å². The van der Waals surface area contributed by atoms with Crippen molar-refractivity contribution in [1.29, 1.82) is 0 Å². The molecule has 1 aliphatic rings. The molecule has 0 saturated carbocycles. The van der Waals surface area contributed by atoms with Gasteiger partial charge in [-0.15, -0.1) is 11.3 Å². The molecule has 0 bridgehead atoms. The van der Waals surface area contributed by atoms with Crippen molar-refractivity contribution in [2.24, 2.45) is 0 Å². The lowest BCUT2D eigenvalue weighted by molar-refractivity contribution is -0.132. The van der Waals surface area contributed by atoms with Gasteiger partial charge in [0.15, 0.2) is 0 Å². The minimum atomic E-state index is -0.355. The van der Waals surface area contributed by atoms with E-state index in [0.29, 0.717) is 5.88 Å². The van der Waals surface area contributed by atoms with Gasteiger partial charge in [0, 0.05) is 12.5 Å². The number of aromatic nitrogens is 1. The molecule has 6 heteroatoms. The first-order chi connectivity index (χ1) is 10.2. The molecule has 1 aliphatic heterocycles. The Balaban J connectivity index is 2.02. The molecule has 2 aromatic rings. The van der Waals surface area contributed by atoms with Crippen LogP contribution in [0.4, 0.5) is 0 Å². The van der Waals surface area contributed by atoms with E-state index in [0.717, 1.165) is 16.1 Å². The van der Waals surface area contributed by atoms with Crippen molar-refractivity contribution in [3.63, 3.8) is 0 Å². The van der Waals surface area contributed by atoms with Crippen molar-refractivity contribution in [2.45, 2.75) is 6.92 Å². The Morgan fingerprint density at radius 1 is 1.14 bits per heavy atom. The van der Waals surface area contributed by atoms with Crippen LogP contribution in [0.2, 0.25) is 0 Å². The highest BCUT2D eigenvalue weighted by molar-refractivity contribution is 8.27. The Morgan fingerprint density at radius 2 is 1.86 bits per heavy atom. The van der Waals surface area contributed by atoms with Crippen molar-refractivity contribution in [3.05, 3.63) is 61.3 Å². The summed E-state index contributed by atoms with van der Waals surface area (Å²) in [6.07, 6.45) is 0. The fourth-order valence-corrected chi connectivity index (χ4v) is 4.66. The number of carbonyl (C=O) groups is 1. The number of thiazole rings is 1. The maximum absolute atomic E-state index is 11.0. The van der Waals surface area contributed by atoms with Gasteiger partial charge < -0.3 is 4.74 Å². The third-order valence-corrected chi connectivity index (χ3v) is 5.59. The van der Waals surface area contributed by atoms with Crippen LogP contribution >= 0.6 is 34.9 Å². The lowest BCUT2D eigenvalue weighted by Gasteiger charge is -2.08. The number of thioether (sulfide) groups is 2. The number of hydrogen-bond acceptors (Lipinski definition) is 6. The molecule has 0 atom stereocenters. The largest absolute Gasteiger partial charge is 0.407 e. The SMILES string of the molecule is CC(=O)Oc1csc(C(=C2SC=CS2)c2ccccc2)n1. The van der Waals surface area contributed by atoms with Crippen molar-refractivity contribution >= 4 is 46.4 Å². The van der Waals surface area contributed by atoms with Crippen molar-refractivity contribution in [3.8, 4) is 5.88 Å². The maximum atomic E-state index is 11.0. The number of hydrogen-bond donors (Lipinski definition) is 0. The van der Waals surface area contributed by atoms with Crippen molar-refractivity contribution in [2.75, 3.05) is 0 Å². The number of carbonyl (C=O) groups excluding carboxylic acids is 1. The van der Waals surface area contributed by atoms with E-state index in [4.69, 9.17) is 4.74 Å². The van der Waals surface area contributed by atoms with Crippen LogP contribution in [0.3, 0.4) is 0 Å². The molecule has 1 aromatic heterocycles. The summed E-state index contributed by atoms with van der Waals surface area (Å²) < 4.78 is 6.24. The van der Waals surface area contributed by atoms with Crippen LogP contribution in [-0.4, -0.2) is 11.0 Å². The van der Waals surface area contributed by atoms with Gasteiger partial charge in [-0.2, -0.15) is 0 Å². The van der Waals surface area contributed by atoms with Crippen molar-refractivity contribution < 1.29 is 9.53 Å². The Hall–Kier alpha value is -1.50. The number of esters is 1. The predicted molar refractivity (Wildman–Crippen MR) is 90.2 cm³/mol. The smallest absolute Gasteiger partial charge is 0.309 e. The molecule has 0 N–H and O–H groups in total. The Bertz CT molecular complexity index is 710. The average molecular weight is 333 g/mol. The molecule has 0 radical (unpaired) electrons. The minimum absolute atomic E-state index is 0.355. The van der Waals surface area contributed by atoms with E-state index in [-0.39, 0.29) is 5.97 Å². The van der Waals surface area contributed by atoms with E-state index in [1.165, 1.54) is 22.5 Å². The van der Waals surface area contributed by atoms with Crippen LogP contribution in [0.1, 0.15) is 17.5 Å².